The van der Waals surface area contributed by atoms with Crippen LogP contribution in [0, 0.1) is 11.8 Å². The highest BCUT2D eigenvalue weighted by Crippen LogP contribution is 2.31. The lowest BCUT2D eigenvalue weighted by molar-refractivity contribution is -0.143. The van der Waals surface area contributed by atoms with Crippen molar-refractivity contribution in [3.63, 3.8) is 0 Å². The minimum absolute atomic E-state index is 0.170. The van der Waals surface area contributed by atoms with E-state index in [4.69, 9.17) is 4.74 Å². The van der Waals surface area contributed by atoms with Crippen molar-refractivity contribution in [3.05, 3.63) is 72.9 Å². The maximum atomic E-state index is 11.9. The van der Waals surface area contributed by atoms with E-state index in [-0.39, 0.29) is 23.2 Å². The maximum absolute atomic E-state index is 11.9. The minimum Gasteiger partial charge on any atom is -0.465 e. The molecule has 0 saturated carbocycles. The van der Waals surface area contributed by atoms with Gasteiger partial charge in [-0.15, -0.1) is 6.58 Å². The predicted octanol–water partition coefficient (Wildman–Crippen LogP) is 8.06. The summed E-state index contributed by atoms with van der Waals surface area (Å²) >= 11 is 1.84. The number of hydrogen-bond acceptors (Lipinski definition) is 5. The Morgan fingerprint density at radius 1 is 1.05 bits per heavy atom. The van der Waals surface area contributed by atoms with Gasteiger partial charge in [-0.1, -0.05) is 75.8 Å². The van der Waals surface area contributed by atoms with Gasteiger partial charge in [0, 0.05) is 30.9 Å². The van der Waals surface area contributed by atoms with Crippen molar-refractivity contribution in [1.29, 1.82) is 0 Å². The molecule has 3 unspecified atom stereocenters. The molecule has 6 heteroatoms. The second-order valence-corrected chi connectivity index (χ2v) is 12.7. The number of ether oxygens (including phenoxy) is 1. The molecule has 0 aliphatic carbocycles. The van der Waals surface area contributed by atoms with Crippen LogP contribution in [0.15, 0.2) is 67.3 Å². The SMILES string of the molecule is C=CC(CCC=CCC(C)(CC)c1ccccc1)CC(C)CCSCCOC(=O)CCCCCN1C(=O)C=CC1=O. The fourth-order valence-corrected chi connectivity index (χ4v) is 6.06. The minimum atomic E-state index is -0.250. The topological polar surface area (TPSA) is 63.7 Å². The van der Waals surface area contributed by atoms with Gasteiger partial charge in [-0.05, 0) is 79.9 Å². The maximum Gasteiger partial charge on any atom is 0.305 e. The third-order valence-electron chi connectivity index (χ3n) is 8.14. The number of amides is 2. The lowest BCUT2D eigenvalue weighted by Gasteiger charge is -2.27. The number of thioether (sulfide) groups is 1. The molecule has 1 aromatic carbocycles. The molecule has 3 atom stereocenters. The van der Waals surface area contributed by atoms with Gasteiger partial charge in [0.25, 0.3) is 11.8 Å². The van der Waals surface area contributed by atoms with Gasteiger partial charge in [0.1, 0.15) is 6.61 Å². The summed E-state index contributed by atoms with van der Waals surface area (Å²) in [5.41, 5.74) is 1.61. The zero-order valence-corrected chi connectivity index (χ0v) is 26.3. The van der Waals surface area contributed by atoms with Crippen LogP contribution in [-0.2, 0) is 24.5 Å². The Bertz CT molecular complexity index is 987. The average Bonchev–Trinajstić information content (AvgIpc) is 3.30. The van der Waals surface area contributed by atoms with E-state index >= 15 is 0 Å². The van der Waals surface area contributed by atoms with Crippen LogP contribution in [-0.4, -0.2) is 47.3 Å². The largest absolute Gasteiger partial charge is 0.465 e. The second-order valence-electron chi connectivity index (χ2n) is 11.5. The summed E-state index contributed by atoms with van der Waals surface area (Å²) in [4.78, 5) is 36.2. The van der Waals surface area contributed by atoms with E-state index in [0.29, 0.717) is 44.2 Å². The first-order valence-corrected chi connectivity index (χ1v) is 16.5. The smallest absolute Gasteiger partial charge is 0.305 e. The molecule has 0 spiro atoms. The standard InChI is InChI=1S/C35H51NO4S/c1-5-30(16-10-8-14-23-35(4,6-2)31-17-11-7-12-18-31)28-29(3)22-26-41-27-25-40-34(39)19-13-9-15-24-36-32(37)20-21-33(36)38/h5,7-8,11-12,14,17-18,20-21,29-30H,1,6,9-10,13,15-16,19,22-28H2,2-4H3. The molecule has 41 heavy (non-hydrogen) atoms. The zero-order valence-electron chi connectivity index (χ0n) is 25.5. The van der Waals surface area contributed by atoms with Crippen molar-refractivity contribution in [2.75, 3.05) is 24.7 Å². The van der Waals surface area contributed by atoms with Gasteiger partial charge in [-0.2, -0.15) is 11.8 Å². The Morgan fingerprint density at radius 2 is 1.78 bits per heavy atom. The molecule has 1 aliphatic heterocycles. The normalized spacial score (nSPS) is 16.2. The number of imide groups is 1. The van der Waals surface area contributed by atoms with Gasteiger partial charge >= 0.3 is 5.97 Å². The quantitative estimate of drug-likeness (QED) is 0.0600. The van der Waals surface area contributed by atoms with E-state index in [9.17, 15) is 14.4 Å². The molecule has 1 aliphatic rings. The highest BCUT2D eigenvalue weighted by Gasteiger charge is 2.23. The van der Waals surface area contributed by atoms with Crippen LogP contribution in [0.2, 0.25) is 0 Å². The molecule has 226 valence electrons. The van der Waals surface area contributed by atoms with Crippen LogP contribution < -0.4 is 0 Å². The van der Waals surface area contributed by atoms with Gasteiger partial charge in [-0.25, -0.2) is 0 Å². The third kappa shape index (κ3) is 13.3. The number of carbonyl (C=O) groups is 3. The van der Waals surface area contributed by atoms with Crippen molar-refractivity contribution in [3.8, 4) is 0 Å². The first-order valence-electron chi connectivity index (χ1n) is 15.4. The van der Waals surface area contributed by atoms with Gasteiger partial charge < -0.3 is 4.74 Å². The number of benzene rings is 1. The average molecular weight is 582 g/mol. The highest BCUT2D eigenvalue weighted by molar-refractivity contribution is 7.99. The first kappa shape index (κ1) is 34.6. The van der Waals surface area contributed by atoms with Crippen LogP contribution >= 0.6 is 11.8 Å². The molecule has 5 nitrogen and oxygen atoms in total. The molecule has 1 heterocycles. The van der Waals surface area contributed by atoms with E-state index in [1.165, 1.54) is 29.0 Å². The van der Waals surface area contributed by atoms with Crippen LogP contribution in [0.5, 0.6) is 0 Å². The summed E-state index contributed by atoms with van der Waals surface area (Å²) in [6.45, 7) is 11.9. The molecule has 1 aromatic rings. The van der Waals surface area contributed by atoms with Crippen molar-refractivity contribution in [2.24, 2.45) is 11.8 Å². The monoisotopic (exact) mass is 581 g/mol. The number of unbranched alkanes of at least 4 members (excludes halogenated alkanes) is 2. The lowest BCUT2D eigenvalue weighted by Crippen LogP contribution is -2.30. The molecule has 0 aromatic heterocycles. The Morgan fingerprint density at radius 3 is 2.46 bits per heavy atom. The van der Waals surface area contributed by atoms with Crippen LogP contribution in [0.1, 0.15) is 90.5 Å². The fourth-order valence-electron chi connectivity index (χ4n) is 5.09. The molecule has 0 bridgehead atoms. The van der Waals surface area contributed by atoms with Gasteiger partial charge in [0.15, 0.2) is 0 Å². The molecular weight excluding hydrogens is 530 g/mol. The van der Waals surface area contributed by atoms with E-state index < -0.39 is 0 Å². The van der Waals surface area contributed by atoms with E-state index in [0.717, 1.165) is 50.0 Å². The van der Waals surface area contributed by atoms with E-state index in [2.05, 4.69) is 75.9 Å². The number of carbonyl (C=O) groups excluding carboxylic acids is 3. The third-order valence-corrected chi connectivity index (χ3v) is 9.12. The Balaban J connectivity index is 1.48. The van der Waals surface area contributed by atoms with Crippen molar-refractivity contribution in [2.45, 2.75) is 90.4 Å². The van der Waals surface area contributed by atoms with Crippen LogP contribution in [0.3, 0.4) is 0 Å². The predicted molar refractivity (Wildman–Crippen MR) is 172 cm³/mol. The summed E-state index contributed by atoms with van der Waals surface area (Å²) in [5, 5.41) is 0. The Hall–Kier alpha value is -2.60. The van der Waals surface area contributed by atoms with Gasteiger partial charge in [0.2, 0.25) is 0 Å². The first-order chi connectivity index (χ1) is 19.8. The summed E-state index contributed by atoms with van der Waals surface area (Å²) in [5.74, 6) is 2.40. The van der Waals surface area contributed by atoms with Crippen LogP contribution in [0.4, 0.5) is 0 Å². The van der Waals surface area contributed by atoms with Crippen LogP contribution in [0.25, 0.3) is 0 Å². The molecule has 2 rings (SSSR count). The molecule has 0 fully saturated rings. The summed E-state index contributed by atoms with van der Waals surface area (Å²) in [6, 6.07) is 10.8. The second kappa shape index (κ2) is 19.5. The summed E-state index contributed by atoms with van der Waals surface area (Å²) < 4.78 is 5.35. The number of hydrogen-bond donors (Lipinski definition) is 0. The Kier molecular flexibility index (Phi) is 16.5. The highest BCUT2D eigenvalue weighted by atomic mass is 32.2. The Labute approximate surface area is 252 Å². The van der Waals surface area contributed by atoms with Crippen molar-refractivity contribution >= 4 is 29.5 Å². The summed E-state index contributed by atoms with van der Waals surface area (Å²) in [7, 11) is 0. The van der Waals surface area contributed by atoms with Crippen molar-refractivity contribution in [1.82, 2.24) is 4.90 Å². The molecular formula is C35H51NO4S. The zero-order chi connectivity index (χ0) is 29.9. The number of esters is 1. The lowest BCUT2D eigenvalue weighted by atomic mass is 9.77. The van der Waals surface area contributed by atoms with Crippen molar-refractivity contribution < 1.29 is 19.1 Å². The van der Waals surface area contributed by atoms with Gasteiger partial charge in [0.05, 0.1) is 0 Å². The molecule has 0 radical (unpaired) electrons. The number of allylic oxidation sites excluding steroid dienone is 3. The number of rotatable bonds is 22. The fraction of sp³-hybridized carbons (Fsp3) is 0.571. The summed E-state index contributed by atoms with van der Waals surface area (Å²) in [6.07, 6.45) is 18.8. The van der Waals surface area contributed by atoms with E-state index in [1.807, 2.05) is 11.8 Å². The number of nitrogens with zero attached hydrogens (tertiary/aromatic N) is 1. The molecule has 2 amide bonds. The molecule has 0 N–H and O–H groups in total. The van der Waals surface area contributed by atoms with Gasteiger partial charge in [-0.3, -0.25) is 19.3 Å². The molecule has 0 saturated heterocycles. The van der Waals surface area contributed by atoms with E-state index in [1.54, 1.807) is 0 Å².